The zero-order chi connectivity index (χ0) is 12.4. The molecule has 2 heteroatoms. The van der Waals surface area contributed by atoms with Crippen molar-refractivity contribution in [1.82, 2.24) is 4.90 Å². The second-order valence-electron chi connectivity index (χ2n) is 7.21. The number of nitrogens with zero attached hydrogens (tertiary/aromatic N) is 1. The molecular formula is C14H28BrN. The van der Waals surface area contributed by atoms with Crippen LogP contribution in [0.25, 0.3) is 0 Å². The van der Waals surface area contributed by atoms with Crippen LogP contribution >= 0.6 is 15.9 Å². The van der Waals surface area contributed by atoms with Crippen LogP contribution in [0.1, 0.15) is 47.5 Å². The quantitative estimate of drug-likeness (QED) is 0.705. The van der Waals surface area contributed by atoms with E-state index in [1.165, 1.54) is 32.5 Å². The van der Waals surface area contributed by atoms with Crippen molar-refractivity contribution in [1.29, 1.82) is 0 Å². The average Bonchev–Trinajstić information content (AvgIpc) is 2.16. The van der Waals surface area contributed by atoms with Crippen molar-refractivity contribution in [3.8, 4) is 0 Å². The van der Waals surface area contributed by atoms with Crippen LogP contribution in [-0.4, -0.2) is 29.9 Å². The molecule has 0 aliphatic carbocycles. The minimum absolute atomic E-state index is 0.411. The van der Waals surface area contributed by atoms with Gasteiger partial charge in [-0.1, -0.05) is 50.5 Å². The van der Waals surface area contributed by atoms with E-state index in [2.05, 4.69) is 55.4 Å². The second-order valence-corrected chi connectivity index (χ2v) is 7.78. The van der Waals surface area contributed by atoms with Crippen molar-refractivity contribution in [2.75, 3.05) is 25.0 Å². The molecule has 0 bridgehead atoms. The van der Waals surface area contributed by atoms with E-state index in [1.807, 2.05) is 0 Å². The summed E-state index contributed by atoms with van der Waals surface area (Å²) in [7, 11) is 0. The van der Waals surface area contributed by atoms with Gasteiger partial charge in [0.2, 0.25) is 0 Å². The summed E-state index contributed by atoms with van der Waals surface area (Å²) in [5.74, 6) is 0.913. The molecule has 0 unspecified atom stereocenters. The highest BCUT2D eigenvalue weighted by Crippen LogP contribution is 2.35. The van der Waals surface area contributed by atoms with Gasteiger partial charge in [-0.05, 0) is 42.7 Å². The van der Waals surface area contributed by atoms with E-state index >= 15 is 0 Å². The number of hydrogen-bond acceptors (Lipinski definition) is 1. The van der Waals surface area contributed by atoms with Crippen molar-refractivity contribution in [2.45, 2.75) is 47.5 Å². The Morgan fingerprint density at radius 1 is 1.06 bits per heavy atom. The van der Waals surface area contributed by atoms with E-state index in [0.717, 1.165) is 11.2 Å². The van der Waals surface area contributed by atoms with Gasteiger partial charge in [0.25, 0.3) is 0 Å². The van der Waals surface area contributed by atoms with E-state index in [1.54, 1.807) is 0 Å². The summed E-state index contributed by atoms with van der Waals surface area (Å²) in [6.07, 6.45) is 2.75. The lowest BCUT2D eigenvalue weighted by atomic mass is 9.75. The monoisotopic (exact) mass is 289 g/mol. The van der Waals surface area contributed by atoms with Crippen molar-refractivity contribution in [3.05, 3.63) is 0 Å². The Morgan fingerprint density at radius 3 is 1.94 bits per heavy atom. The molecule has 1 fully saturated rings. The van der Waals surface area contributed by atoms with E-state index < -0.39 is 0 Å². The molecule has 0 amide bonds. The Morgan fingerprint density at radius 2 is 1.56 bits per heavy atom. The third kappa shape index (κ3) is 4.37. The van der Waals surface area contributed by atoms with Crippen molar-refractivity contribution in [2.24, 2.45) is 16.7 Å². The number of halogens is 1. The van der Waals surface area contributed by atoms with Crippen LogP contribution in [0.5, 0.6) is 0 Å². The summed E-state index contributed by atoms with van der Waals surface area (Å²) in [4.78, 5) is 2.64. The van der Waals surface area contributed by atoms with Crippen LogP contribution in [0.15, 0.2) is 0 Å². The van der Waals surface area contributed by atoms with Gasteiger partial charge < -0.3 is 4.90 Å². The molecule has 1 nitrogen and oxygen atoms in total. The largest absolute Gasteiger partial charge is 0.303 e. The van der Waals surface area contributed by atoms with Crippen LogP contribution in [0.4, 0.5) is 0 Å². The fourth-order valence-electron chi connectivity index (χ4n) is 2.60. The highest BCUT2D eigenvalue weighted by Gasteiger charge is 2.30. The first-order valence-electron chi connectivity index (χ1n) is 6.53. The van der Waals surface area contributed by atoms with Gasteiger partial charge in [-0.2, -0.15) is 0 Å². The first-order chi connectivity index (χ1) is 7.24. The number of alkyl halides is 1. The lowest BCUT2D eigenvalue weighted by Crippen LogP contribution is -2.42. The third-order valence-electron chi connectivity index (χ3n) is 3.83. The zero-order valence-electron chi connectivity index (χ0n) is 11.6. The lowest BCUT2D eigenvalue weighted by molar-refractivity contribution is 0.0902. The van der Waals surface area contributed by atoms with Gasteiger partial charge >= 0.3 is 0 Å². The smallest absolute Gasteiger partial charge is 0.00949 e. The van der Waals surface area contributed by atoms with Crippen molar-refractivity contribution >= 4 is 15.9 Å². The van der Waals surface area contributed by atoms with Crippen LogP contribution < -0.4 is 0 Å². The highest BCUT2D eigenvalue weighted by atomic mass is 79.9. The van der Waals surface area contributed by atoms with Crippen LogP contribution in [0.3, 0.4) is 0 Å². The molecule has 1 heterocycles. The maximum atomic E-state index is 3.61. The summed E-state index contributed by atoms with van der Waals surface area (Å²) in [5, 5.41) is 1.10. The summed E-state index contributed by atoms with van der Waals surface area (Å²) >= 11 is 3.61. The molecule has 0 aromatic carbocycles. The molecule has 0 spiro atoms. The molecule has 0 saturated carbocycles. The SMILES string of the molecule is CC(C)(CBr)CN1CCC(C(C)(C)C)CC1. The topological polar surface area (TPSA) is 3.24 Å². The number of piperidine rings is 1. The van der Waals surface area contributed by atoms with E-state index in [-0.39, 0.29) is 0 Å². The first kappa shape index (κ1) is 14.5. The second kappa shape index (κ2) is 5.39. The van der Waals surface area contributed by atoms with Gasteiger partial charge in [0.05, 0.1) is 0 Å². The third-order valence-corrected chi connectivity index (χ3v) is 5.34. The molecule has 1 aliphatic heterocycles. The molecule has 0 aromatic rings. The maximum absolute atomic E-state index is 3.61. The molecule has 1 saturated heterocycles. The molecular weight excluding hydrogens is 262 g/mol. The fourth-order valence-corrected chi connectivity index (χ4v) is 2.78. The van der Waals surface area contributed by atoms with Crippen molar-refractivity contribution < 1.29 is 0 Å². The van der Waals surface area contributed by atoms with Crippen LogP contribution in [-0.2, 0) is 0 Å². The van der Waals surface area contributed by atoms with Gasteiger partial charge in [-0.3, -0.25) is 0 Å². The summed E-state index contributed by atoms with van der Waals surface area (Å²) in [6.45, 7) is 15.7. The first-order valence-corrected chi connectivity index (χ1v) is 7.65. The molecule has 0 radical (unpaired) electrons. The van der Waals surface area contributed by atoms with Crippen molar-refractivity contribution in [3.63, 3.8) is 0 Å². The Hall–Kier alpha value is 0.440. The van der Waals surface area contributed by atoms with Gasteiger partial charge in [-0.15, -0.1) is 0 Å². The molecule has 96 valence electrons. The van der Waals surface area contributed by atoms with Gasteiger partial charge in [-0.25, -0.2) is 0 Å². The normalized spacial score (nSPS) is 21.4. The molecule has 0 N–H and O–H groups in total. The van der Waals surface area contributed by atoms with E-state index in [0.29, 0.717) is 10.8 Å². The van der Waals surface area contributed by atoms with Gasteiger partial charge in [0.15, 0.2) is 0 Å². The van der Waals surface area contributed by atoms with E-state index in [9.17, 15) is 0 Å². The van der Waals surface area contributed by atoms with E-state index in [4.69, 9.17) is 0 Å². The van der Waals surface area contributed by atoms with Crippen LogP contribution in [0, 0.1) is 16.7 Å². The molecule has 1 aliphatic rings. The van der Waals surface area contributed by atoms with Gasteiger partial charge in [0.1, 0.15) is 0 Å². The minimum atomic E-state index is 0.411. The summed E-state index contributed by atoms with van der Waals surface area (Å²) < 4.78 is 0. The molecule has 0 aromatic heterocycles. The summed E-state index contributed by atoms with van der Waals surface area (Å²) in [6, 6.07) is 0. The summed E-state index contributed by atoms with van der Waals surface area (Å²) in [5.41, 5.74) is 0.908. The predicted molar refractivity (Wildman–Crippen MR) is 76.2 cm³/mol. The maximum Gasteiger partial charge on any atom is 0.00949 e. The highest BCUT2D eigenvalue weighted by molar-refractivity contribution is 9.09. The number of hydrogen-bond donors (Lipinski definition) is 0. The minimum Gasteiger partial charge on any atom is -0.303 e. The zero-order valence-corrected chi connectivity index (χ0v) is 13.2. The Kier molecular flexibility index (Phi) is 4.88. The fraction of sp³-hybridized carbons (Fsp3) is 1.00. The average molecular weight is 290 g/mol. The molecule has 0 atom stereocenters. The molecule has 1 rings (SSSR count). The standard InChI is InChI=1S/C14H28BrN/c1-13(2,3)12-6-8-16(9-7-12)11-14(4,5)10-15/h12H,6-11H2,1-5H3. The molecule has 16 heavy (non-hydrogen) atoms. The van der Waals surface area contributed by atoms with Gasteiger partial charge in [0, 0.05) is 11.9 Å². The Bertz CT molecular complexity index is 209. The van der Waals surface area contributed by atoms with Crippen LogP contribution in [0.2, 0.25) is 0 Å². The number of likely N-dealkylation sites (tertiary alicyclic amines) is 1. The Labute approximate surface area is 110 Å². The lowest BCUT2D eigenvalue weighted by Gasteiger charge is -2.41. The predicted octanol–water partition coefficient (Wildman–Crippen LogP) is 4.17. The Balaban J connectivity index is 2.38. The number of rotatable bonds is 3.